The van der Waals surface area contributed by atoms with Gasteiger partial charge in [0, 0.05) is 11.8 Å². The van der Waals surface area contributed by atoms with Gasteiger partial charge in [-0.1, -0.05) is 18.6 Å². The minimum absolute atomic E-state index is 0.850. The molecule has 0 spiro atoms. The highest BCUT2D eigenvalue weighted by Gasteiger charge is 1.97. The first-order valence-electron chi connectivity index (χ1n) is 4.09. The summed E-state index contributed by atoms with van der Waals surface area (Å²) in [6, 6.07) is 2.00. The van der Waals surface area contributed by atoms with Gasteiger partial charge < -0.3 is 4.98 Å². The monoisotopic (exact) mass is 162 g/mol. The lowest BCUT2D eigenvalue weighted by Gasteiger charge is -1.94. The lowest BCUT2D eigenvalue weighted by atomic mass is 10.1. The number of nitrogens with one attached hydrogen (secondary N) is 1. The van der Waals surface area contributed by atoms with Crippen molar-refractivity contribution in [3.63, 3.8) is 0 Å². The lowest BCUT2D eigenvalue weighted by Crippen LogP contribution is -1.72. The minimum atomic E-state index is 0.850. The van der Waals surface area contributed by atoms with E-state index >= 15 is 0 Å². The first-order chi connectivity index (χ1) is 5.77. The number of aromatic amines is 1. The molecule has 2 nitrogen and oxygen atoms in total. The Morgan fingerprint density at radius 2 is 2.50 bits per heavy atom. The molecule has 0 radical (unpaired) electrons. The standard InChI is InChI=1S/C10H14N2/c1-4-8(2)7-9-5-6-12-10(9)11-3/h5-7,12H,3-4H2,1-2H3/b8-7+. The highest BCUT2D eigenvalue weighted by Crippen LogP contribution is 2.19. The molecule has 1 heterocycles. The zero-order valence-corrected chi connectivity index (χ0v) is 7.59. The van der Waals surface area contributed by atoms with Crippen LogP contribution in [0.4, 0.5) is 5.82 Å². The highest BCUT2D eigenvalue weighted by molar-refractivity contribution is 5.64. The molecule has 1 aromatic heterocycles. The second-order valence-corrected chi connectivity index (χ2v) is 2.78. The maximum absolute atomic E-state index is 3.87. The van der Waals surface area contributed by atoms with Gasteiger partial charge in [0.15, 0.2) is 0 Å². The third-order valence-electron chi connectivity index (χ3n) is 1.87. The molecule has 0 aliphatic rings. The predicted molar refractivity (Wildman–Crippen MR) is 53.9 cm³/mol. The largest absolute Gasteiger partial charge is 0.346 e. The van der Waals surface area contributed by atoms with Gasteiger partial charge >= 0.3 is 0 Å². The molecular weight excluding hydrogens is 148 g/mol. The average molecular weight is 162 g/mol. The summed E-state index contributed by atoms with van der Waals surface area (Å²) < 4.78 is 0. The number of aromatic nitrogens is 1. The van der Waals surface area contributed by atoms with E-state index < -0.39 is 0 Å². The van der Waals surface area contributed by atoms with Crippen molar-refractivity contribution in [1.82, 2.24) is 4.98 Å². The first-order valence-corrected chi connectivity index (χ1v) is 4.09. The normalized spacial score (nSPS) is 11.7. The minimum Gasteiger partial charge on any atom is -0.346 e. The van der Waals surface area contributed by atoms with Gasteiger partial charge in [-0.2, -0.15) is 0 Å². The molecule has 1 aromatic rings. The Hall–Kier alpha value is -1.31. The number of H-pyrrole nitrogens is 1. The molecule has 64 valence electrons. The summed E-state index contributed by atoms with van der Waals surface area (Å²) in [7, 11) is 0. The number of rotatable bonds is 3. The fraction of sp³-hybridized carbons (Fsp3) is 0.300. The fourth-order valence-corrected chi connectivity index (χ4v) is 0.994. The third-order valence-corrected chi connectivity index (χ3v) is 1.87. The van der Waals surface area contributed by atoms with Crippen LogP contribution in [0, 0.1) is 0 Å². The summed E-state index contributed by atoms with van der Waals surface area (Å²) in [5.74, 6) is 0.850. The van der Waals surface area contributed by atoms with Gasteiger partial charge in [0.1, 0.15) is 5.82 Å². The van der Waals surface area contributed by atoms with Crippen molar-refractivity contribution in [3.8, 4) is 0 Å². The van der Waals surface area contributed by atoms with E-state index in [0.717, 1.165) is 17.8 Å². The number of hydrogen-bond acceptors (Lipinski definition) is 1. The van der Waals surface area contributed by atoms with Gasteiger partial charge in [0.05, 0.1) is 0 Å². The van der Waals surface area contributed by atoms with Gasteiger partial charge in [-0.25, -0.2) is 4.99 Å². The third kappa shape index (κ3) is 1.84. The Bertz CT molecular complexity index is 295. The van der Waals surface area contributed by atoms with Crippen LogP contribution in [-0.2, 0) is 0 Å². The molecular formula is C10H14N2. The maximum Gasteiger partial charge on any atom is 0.136 e. The van der Waals surface area contributed by atoms with Crippen molar-refractivity contribution in [2.75, 3.05) is 0 Å². The topological polar surface area (TPSA) is 28.1 Å². The first kappa shape index (κ1) is 8.78. The Morgan fingerprint density at radius 1 is 1.75 bits per heavy atom. The van der Waals surface area contributed by atoms with E-state index in [1.54, 1.807) is 0 Å². The van der Waals surface area contributed by atoms with Gasteiger partial charge in [-0.05, 0) is 26.1 Å². The Balaban J connectivity index is 2.95. The molecule has 1 rings (SSSR count). The molecule has 1 N–H and O–H groups in total. The average Bonchev–Trinajstić information content (AvgIpc) is 2.51. The molecule has 2 heteroatoms. The molecule has 0 atom stereocenters. The van der Waals surface area contributed by atoms with Crippen molar-refractivity contribution < 1.29 is 0 Å². The SMILES string of the molecule is C=Nc1[nH]ccc1/C=C(\C)CC. The molecule has 0 aliphatic heterocycles. The smallest absolute Gasteiger partial charge is 0.136 e. The fourth-order valence-electron chi connectivity index (χ4n) is 0.994. The predicted octanol–water partition coefficient (Wildman–Crippen LogP) is 3.16. The van der Waals surface area contributed by atoms with Crippen molar-refractivity contribution >= 4 is 18.6 Å². The summed E-state index contributed by atoms with van der Waals surface area (Å²) in [6.07, 6.45) is 5.07. The number of hydrogen-bond donors (Lipinski definition) is 1. The van der Waals surface area contributed by atoms with Gasteiger partial charge in [-0.15, -0.1) is 0 Å². The molecule has 0 saturated carbocycles. The number of aliphatic imine (C=N–C) groups is 1. The van der Waals surface area contributed by atoms with Crippen LogP contribution in [0.2, 0.25) is 0 Å². The second kappa shape index (κ2) is 3.90. The summed E-state index contributed by atoms with van der Waals surface area (Å²) >= 11 is 0. The van der Waals surface area contributed by atoms with E-state index in [1.165, 1.54) is 5.57 Å². The molecule has 0 unspecified atom stereocenters. The van der Waals surface area contributed by atoms with Gasteiger partial charge in [-0.3, -0.25) is 0 Å². The van der Waals surface area contributed by atoms with Crippen molar-refractivity contribution in [2.24, 2.45) is 4.99 Å². The van der Waals surface area contributed by atoms with Crippen LogP contribution in [0.1, 0.15) is 25.8 Å². The highest BCUT2D eigenvalue weighted by atomic mass is 14.9. The van der Waals surface area contributed by atoms with Gasteiger partial charge in [0.25, 0.3) is 0 Å². The van der Waals surface area contributed by atoms with E-state index in [-0.39, 0.29) is 0 Å². The molecule has 0 amide bonds. The summed E-state index contributed by atoms with van der Waals surface area (Å²) in [5.41, 5.74) is 2.46. The Kier molecular flexibility index (Phi) is 2.86. The Morgan fingerprint density at radius 3 is 3.08 bits per heavy atom. The van der Waals surface area contributed by atoms with Crippen LogP contribution < -0.4 is 0 Å². The van der Waals surface area contributed by atoms with E-state index in [9.17, 15) is 0 Å². The van der Waals surface area contributed by atoms with Gasteiger partial charge in [0.2, 0.25) is 0 Å². The Labute approximate surface area is 73.0 Å². The molecule has 0 aliphatic carbocycles. The summed E-state index contributed by atoms with van der Waals surface area (Å²) in [4.78, 5) is 6.88. The van der Waals surface area contributed by atoms with E-state index in [0.29, 0.717) is 0 Å². The van der Waals surface area contributed by atoms with E-state index in [1.807, 2.05) is 12.3 Å². The van der Waals surface area contributed by atoms with Crippen LogP contribution in [0.5, 0.6) is 0 Å². The van der Waals surface area contributed by atoms with Crippen LogP contribution in [0.25, 0.3) is 6.08 Å². The van der Waals surface area contributed by atoms with Crippen LogP contribution in [0.3, 0.4) is 0 Å². The molecule has 0 saturated heterocycles. The van der Waals surface area contributed by atoms with Crippen molar-refractivity contribution in [2.45, 2.75) is 20.3 Å². The molecule has 12 heavy (non-hydrogen) atoms. The lowest BCUT2D eigenvalue weighted by molar-refractivity contribution is 1.11. The number of allylic oxidation sites excluding steroid dienone is 1. The van der Waals surface area contributed by atoms with Crippen LogP contribution in [-0.4, -0.2) is 11.7 Å². The van der Waals surface area contributed by atoms with Crippen LogP contribution >= 0.6 is 0 Å². The molecule has 0 fully saturated rings. The van der Waals surface area contributed by atoms with Crippen molar-refractivity contribution in [3.05, 3.63) is 23.4 Å². The second-order valence-electron chi connectivity index (χ2n) is 2.78. The zero-order valence-electron chi connectivity index (χ0n) is 7.59. The summed E-state index contributed by atoms with van der Waals surface area (Å²) in [5, 5.41) is 0. The molecule has 0 bridgehead atoms. The summed E-state index contributed by atoms with van der Waals surface area (Å²) in [6.45, 7) is 7.74. The quantitative estimate of drug-likeness (QED) is 0.661. The number of nitrogens with zero attached hydrogens (tertiary/aromatic N) is 1. The zero-order chi connectivity index (χ0) is 8.97. The maximum atomic E-state index is 3.87. The molecule has 0 aromatic carbocycles. The van der Waals surface area contributed by atoms with E-state index in [2.05, 4.69) is 36.6 Å². The van der Waals surface area contributed by atoms with E-state index in [4.69, 9.17) is 0 Å². The van der Waals surface area contributed by atoms with Crippen molar-refractivity contribution in [1.29, 1.82) is 0 Å². The van der Waals surface area contributed by atoms with Crippen LogP contribution in [0.15, 0.2) is 22.8 Å².